The van der Waals surface area contributed by atoms with Crippen LogP contribution in [-0.2, 0) is 19.1 Å². The van der Waals surface area contributed by atoms with Crippen LogP contribution in [0.4, 0.5) is 0 Å². The minimum atomic E-state index is -1.03. The molecule has 1 aromatic carbocycles. The summed E-state index contributed by atoms with van der Waals surface area (Å²) < 4.78 is 4.66. The maximum atomic E-state index is 12.6. The molecule has 2 aliphatic rings. The normalized spacial score (nSPS) is 28.0. The summed E-state index contributed by atoms with van der Waals surface area (Å²) in [7, 11) is 1.43. The number of ether oxygens (including phenoxy) is 1. The molecular weight excluding hydrogens is 344 g/mol. The van der Waals surface area contributed by atoms with Gasteiger partial charge in [-0.1, -0.05) is 30.3 Å². The molecule has 0 saturated carbocycles. The average molecular weight is 364 g/mol. The highest BCUT2D eigenvalue weighted by molar-refractivity contribution is 8.01. The number of rotatable bonds is 5. The topological polar surface area (TPSA) is 95.9 Å². The van der Waals surface area contributed by atoms with E-state index in [4.69, 9.17) is 4.74 Å². The summed E-state index contributed by atoms with van der Waals surface area (Å²) in [6.45, 7) is 3.59. The maximum Gasteiger partial charge on any atom is 0.327 e. The van der Waals surface area contributed by atoms with Crippen molar-refractivity contribution in [2.75, 3.05) is 7.11 Å². The molecule has 0 aliphatic carbocycles. The van der Waals surface area contributed by atoms with Gasteiger partial charge in [-0.25, -0.2) is 4.79 Å². The lowest BCUT2D eigenvalue weighted by molar-refractivity contribution is -0.161. The first-order valence-electron chi connectivity index (χ1n) is 7.89. The third-order valence-electron chi connectivity index (χ3n) is 4.55. The second-order valence-corrected chi connectivity index (χ2v) is 8.38. The van der Waals surface area contributed by atoms with Gasteiger partial charge in [-0.3, -0.25) is 9.59 Å². The van der Waals surface area contributed by atoms with Gasteiger partial charge in [0, 0.05) is 11.9 Å². The average Bonchev–Trinajstić information content (AvgIpc) is 2.82. The van der Waals surface area contributed by atoms with Gasteiger partial charge >= 0.3 is 5.97 Å². The molecule has 2 heterocycles. The summed E-state index contributed by atoms with van der Waals surface area (Å²) >= 11 is 1.39. The van der Waals surface area contributed by atoms with E-state index in [0.717, 1.165) is 0 Å². The number of aliphatic carboxylic acids is 1. The molecule has 2 saturated heterocycles. The van der Waals surface area contributed by atoms with E-state index in [1.54, 1.807) is 38.1 Å². The zero-order valence-electron chi connectivity index (χ0n) is 14.1. The third kappa shape index (κ3) is 2.89. The van der Waals surface area contributed by atoms with Crippen LogP contribution < -0.4 is 5.32 Å². The predicted molar refractivity (Wildman–Crippen MR) is 91.9 cm³/mol. The van der Waals surface area contributed by atoms with Gasteiger partial charge in [-0.2, -0.15) is 0 Å². The molecule has 2 aliphatic heterocycles. The molecule has 2 amide bonds. The monoisotopic (exact) mass is 364 g/mol. The van der Waals surface area contributed by atoms with Crippen molar-refractivity contribution in [3.8, 4) is 0 Å². The van der Waals surface area contributed by atoms with Crippen molar-refractivity contribution in [1.82, 2.24) is 10.2 Å². The molecular formula is C17H20N2O5S. The predicted octanol–water partition coefficient (Wildman–Crippen LogP) is 1.01. The largest absolute Gasteiger partial charge is 0.480 e. The van der Waals surface area contributed by atoms with E-state index in [-0.39, 0.29) is 11.3 Å². The van der Waals surface area contributed by atoms with Crippen LogP contribution in [-0.4, -0.2) is 57.1 Å². The van der Waals surface area contributed by atoms with Crippen LogP contribution in [0.25, 0.3) is 0 Å². The first-order valence-corrected chi connectivity index (χ1v) is 8.77. The van der Waals surface area contributed by atoms with Gasteiger partial charge in [0.15, 0.2) is 6.10 Å². The summed E-state index contributed by atoms with van der Waals surface area (Å²) in [6.07, 6.45) is -0.822. The Hall–Kier alpha value is -2.06. The lowest BCUT2D eigenvalue weighted by Gasteiger charge is -2.43. The van der Waals surface area contributed by atoms with Crippen LogP contribution in [0.1, 0.15) is 25.5 Å². The third-order valence-corrected chi connectivity index (χ3v) is 6.12. The lowest BCUT2D eigenvalue weighted by atomic mass is 9.96. The number of carboxylic acids is 1. The van der Waals surface area contributed by atoms with Crippen LogP contribution in [0.2, 0.25) is 0 Å². The van der Waals surface area contributed by atoms with Crippen molar-refractivity contribution < 1.29 is 24.2 Å². The Morgan fingerprint density at radius 3 is 2.52 bits per heavy atom. The van der Waals surface area contributed by atoms with Gasteiger partial charge in [-0.15, -0.1) is 11.8 Å². The minimum Gasteiger partial charge on any atom is -0.480 e. The zero-order valence-corrected chi connectivity index (χ0v) is 14.9. The molecule has 0 spiro atoms. The van der Waals surface area contributed by atoms with Crippen molar-refractivity contribution in [3.05, 3.63) is 35.9 Å². The number of carbonyl (C=O) groups is 3. The first-order chi connectivity index (χ1) is 11.8. The Labute approximate surface area is 149 Å². The Balaban J connectivity index is 1.74. The summed E-state index contributed by atoms with van der Waals surface area (Å²) in [5.74, 6) is -1.81. The van der Waals surface area contributed by atoms with Crippen molar-refractivity contribution in [3.63, 3.8) is 0 Å². The van der Waals surface area contributed by atoms with Crippen molar-refractivity contribution in [1.29, 1.82) is 0 Å². The van der Waals surface area contributed by atoms with Crippen LogP contribution in [0.5, 0.6) is 0 Å². The first kappa shape index (κ1) is 17.8. The number of amides is 2. The molecule has 25 heavy (non-hydrogen) atoms. The Bertz CT molecular complexity index is 708. The molecule has 0 aromatic heterocycles. The van der Waals surface area contributed by atoms with Gasteiger partial charge < -0.3 is 20.1 Å². The van der Waals surface area contributed by atoms with E-state index >= 15 is 0 Å². The Kier molecular flexibility index (Phi) is 4.51. The van der Waals surface area contributed by atoms with E-state index in [2.05, 4.69) is 5.32 Å². The van der Waals surface area contributed by atoms with Crippen molar-refractivity contribution in [2.45, 2.75) is 42.2 Å². The number of methoxy groups -OCH3 is 1. The molecule has 7 nitrogen and oxygen atoms in total. The van der Waals surface area contributed by atoms with Gasteiger partial charge in [0.25, 0.3) is 5.91 Å². The summed E-state index contributed by atoms with van der Waals surface area (Å²) in [6, 6.07) is 7.37. The fourth-order valence-corrected chi connectivity index (χ4v) is 5.02. The number of carbonyl (C=O) groups excluding carboxylic acids is 2. The van der Waals surface area contributed by atoms with E-state index in [1.165, 1.54) is 23.8 Å². The van der Waals surface area contributed by atoms with Gasteiger partial charge in [0.2, 0.25) is 5.91 Å². The van der Waals surface area contributed by atoms with E-state index < -0.39 is 34.8 Å². The van der Waals surface area contributed by atoms with Crippen molar-refractivity contribution in [2.24, 2.45) is 0 Å². The highest BCUT2D eigenvalue weighted by Gasteiger charge is 2.64. The molecule has 3 rings (SSSR count). The van der Waals surface area contributed by atoms with Gasteiger partial charge in [0.05, 0.1) is 0 Å². The number of hydrogen-bond acceptors (Lipinski definition) is 5. The standard InChI is InChI=1S/C17H20N2O5S/c1-17(2)12(16(22)23)19-14(21)10(15(19)25-17)18-13(20)11(24-3)9-7-5-4-6-8-9/h4-8,10-12,15H,1-3H3,(H,18,20)(H,22,23)/t10-,11?,12+,15-/m1/s1. The lowest BCUT2D eigenvalue weighted by Crippen LogP contribution is -2.70. The molecule has 1 aromatic rings. The van der Waals surface area contributed by atoms with Crippen LogP contribution in [0.15, 0.2) is 30.3 Å². The molecule has 4 atom stereocenters. The number of nitrogens with one attached hydrogen (secondary N) is 1. The number of hydrogen-bond donors (Lipinski definition) is 2. The van der Waals surface area contributed by atoms with Gasteiger partial charge in [0.1, 0.15) is 17.5 Å². The highest BCUT2D eigenvalue weighted by atomic mass is 32.2. The second-order valence-electron chi connectivity index (χ2n) is 6.61. The smallest absolute Gasteiger partial charge is 0.327 e. The summed E-state index contributed by atoms with van der Waals surface area (Å²) in [4.78, 5) is 37.8. The van der Waals surface area contributed by atoms with Crippen LogP contribution in [0.3, 0.4) is 0 Å². The Morgan fingerprint density at radius 1 is 1.32 bits per heavy atom. The van der Waals surface area contributed by atoms with E-state index in [9.17, 15) is 19.5 Å². The number of benzene rings is 1. The summed E-state index contributed by atoms with van der Waals surface area (Å²) in [5, 5.41) is 11.8. The number of nitrogens with zero attached hydrogens (tertiary/aromatic N) is 1. The number of β-lactam (4-membered cyclic amide) rings is 1. The number of fused-ring (bicyclic) bond motifs is 1. The minimum absolute atomic E-state index is 0.369. The zero-order chi connectivity index (χ0) is 18.4. The maximum absolute atomic E-state index is 12.6. The molecule has 0 bridgehead atoms. The summed E-state index contributed by atoms with van der Waals surface area (Å²) in [5.41, 5.74) is 0.689. The molecule has 8 heteroatoms. The number of carboxylic acid groups (broad SMARTS) is 1. The van der Waals surface area contributed by atoms with Crippen LogP contribution >= 0.6 is 11.8 Å². The van der Waals surface area contributed by atoms with E-state index in [0.29, 0.717) is 5.56 Å². The van der Waals surface area contributed by atoms with E-state index in [1.807, 2.05) is 6.07 Å². The van der Waals surface area contributed by atoms with Crippen molar-refractivity contribution >= 4 is 29.5 Å². The molecule has 0 radical (unpaired) electrons. The molecule has 1 unspecified atom stereocenters. The second kappa shape index (κ2) is 6.34. The SMILES string of the molecule is COC(C(=O)N[C@@H]1C(=O)N2[C@@H]1SC(C)(C)[C@@H]2C(=O)O)c1ccccc1. The fraction of sp³-hybridized carbons (Fsp3) is 0.471. The fourth-order valence-electron chi connectivity index (χ4n) is 3.40. The number of thioether (sulfide) groups is 1. The molecule has 2 fully saturated rings. The molecule has 2 N–H and O–H groups in total. The Morgan fingerprint density at radius 2 is 1.96 bits per heavy atom. The molecule has 134 valence electrons. The highest BCUT2D eigenvalue weighted by Crippen LogP contribution is 2.50. The van der Waals surface area contributed by atoms with Crippen LogP contribution in [0, 0.1) is 0 Å². The van der Waals surface area contributed by atoms with Gasteiger partial charge in [-0.05, 0) is 19.4 Å². The quantitative estimate of drug-likeness (QED) is 0.757.